The second-order valence-corrected chi connectivity index (χ2v) is 8.88. The summed E-state index contributed by atoms with van der Waals surface area (Å²) in [5.74, 6) is 0.322. The van der Waals surface area contributed by atoms with Crippen molar-refractivity contribution in [2.75, 3.05) is 19.6 Å². The molecule has 3 aliphatic heterocycles. The van der Waals surface area contributed by atoms with Crippen LogP contribution >= 0.6 is 0 Å². The minimum absolute atomic E-state index is 0.123. The normalized spacial score (nSPS) is 30.6. The summed E-state index contributed by atoms with van der Waals surface area (Å²) < 4.78 is 0. The van der Waals surface area contributed by atoms with Crippen molar-refractivity contribution < 1.29 is 19.2 Å². The summed E-state index contributed by atoms with van der Waals surface area (Å²) >= 11 is 0. The van der Waals surface area contributed by atoms with Crippen molar-refractivity contribution in [2.24, 2.45) is 17.8 Å². The molecule has 0 radical (unpaired) electrons. The maximum absolute atomic E-state index is 12.9. The molecular formula is C22H26N4O4. The molecule has 3 atom stereocenters. The fourth-order valence-electron chi connectivity index (χ4n) is 5.55. The number of hydrogen-bond donors (Lipinski definition) is 3. The minimum Gasteiger partial charge on any atom is -0.316 e. The van der Waals surface area contributed by atoms with Crippen LogP contribution in [0, 0.1) is 17.8 Å². The minimum atomic E-state index is -0.924. The largest absolute Gasteiger partial charge is 0.316 e. The second-order valence-electron chi connectivity index (χ2n) is 8.88. The maximum Gasteiger partial charge on any atom is 0.262 e. The van der Waals surface area contributed by atoms with E-state index in [9.17, 15) is 19.2 Å². The Labute approximate surface area is 174 Å². The smallest absolute Gasteiger partial charge is 0.262 e. The Morgan fingerprint density at radius 3 is 2.43 bits per heavy atom. The summed E-state index contributed by atoms with van der Waals surface area (Å²) in [6.07, 6.45) is 2.89. The molecule has 30 heavy (non-hydrogen) atoms. The average molecular weight is 410 g/mol. The molecule has 1 saturated carbocycles. The van der Waals surface area contributed by atoms with Crippen molar-refractivity contribution in [1.29, 1.82) is 0 Å². The van der Waals surface area contributed by atoms with Crippen LogP contribution in [-0.2, 0) is 16.1 Å². The Morgan fingerprint density at radius 2 is 1.70 bits per heavy atom. The summed E-state index contributed by atoms with van der Waals surface area (Å²) in [5.41, 5.74) is 1.61. The number of carbonyl (C=O) groups is 4. The highest BCUT2D eigenvalue weighted by Crippen LogP contribution is 2.38. The molecule has 1 aromatic carbocycles. The lowest BCUT2D eigenvalue weighted by Gasteiger charge is -2.31. The van der Waals surface area contributed by atoms with Gasteiger partial charge in [0.2, 0.25) is 11.8 Å². The van der Waals surface area contributed by atoms with Crippen LogP contribution in [0.1, 0.15) is 52.0 Å². The Morgan fingerprint density at radius 1 is 0.967 bits per heavy atom. The van der Waals surface area contributed by atoms with Crippen LogP contribution in [0.4, 0.5) is 0 Å². The van der Waals surface area contributed by atoms with E-state index in [2.05, 4.69) is 16.0 Å². The number of rotatable bonds is 5. The number of nitrogens with one attached hydrogen (secondary N) is 3. The molecule has 158 valence electrons. The van der Waals surface area contributed by atoms with Crippen LogP contribution < -0.4 is 16.0 Å². The number of carbonyl (C=O) groups excluding carboxylic acids is 4. The highest BCUT2D eigenvalue weighted by atomic mass is 16.2. The predicted octanol–water partition coefficient (Wildman–Crippen LogP) is 0.423. The van der Waals surface area contributed by atoms with Gasteiger partial charge in [0.25, 0.3) is 11.8 Å². The average Bonchev–Trinajstić information content (AvgIpc) is 3.09. The van der Waals surface area contributed by atoms with Gasteiger partial charge in [-0.3, -0.25) is 29.4 Å². The first-order chi connectivity index (χ1) is 14.5. The zero-order valence-electron chi connectivity index (χ0n) is 16.8. The third kappa shape index (κ3) is 3.24. The maximum atomic E-state index is 12.9. The Kier molecular flexibility index (Phi) is 4.91. The number of nitrogens with zero attached hydrogens (tertiary/aromatic N) is 1. The van der Waals surface area contributed by atoms with Crippen LogP contribution in [0.25, 0.3) is 0 Å². The van der Waals surface area contributed by atoms with Gasteiger partial charge in [0.15, 0.2) is 0 Å². The Hall–Kier alpha value is -2.58. The topological polar surface area (TPSA) is 108 Å². The summed E-state index contributed by atoms with van der Waals surface area (Å²) in [4.78, 5) is 50.2. The lowest BCUT2D eigenvalue weighted by Crippen LogP contribution is -2.54. The number of piperidine rings is 2. The van der Waals surface area contributed by atoms with Crippen LogP contribution in [0.3, 0.4) is 0 Å². The van der Waals surface area contributed by atoms with Crippen LogP contribution in [0.5, 0.6) is 0 Å². The molecule has 2 bridgehead atoms. The fourth-order valence-corrected chi connectivity index (χ4v) is 5.55. The van der Waals surface area contributed by atoms with E-state index in [1.165, 1.54) is 12.8 Å². The van der Waals surface area contributed by atoms with Gasteiger partial charge in [-0.2, -0.15) is 0 Å². The molecule has 2 saturated heterocycles. The van der Waals surface area contributed by atoms with E-state index in [1.807, 2.05) is 6.07 Å². The molecule has 0 aromatic heterocycles. The van der Waals surface area contributed by atoms with Crippen molar-refractivity contribution in [1.82, 2.24) is 20.9 Å². The Balaban J connectivity index is 1.26. The number of imide groups is 2. The molecule has 3 N–H and O–H groups in total. The second kappa shape index (κ2) is 7.59. The lowest BCUT2D eigenvalue weighted by atomic mass is 9.86. The SMILES string of the molecule is O=C1CCC(N2C(=O)c3ccc(CNCC4C5CCC4CNC5)cc3C2=O)C(=O)N1. The number of benzene rings is 1. The van der Waals surface area contributed by atoms with Crippen molar-refractivity contribution in [3.63, 3.8) is 0 Å². The molecule has 4 amide bonds. The zero-order valence-corrected chi connectivity index (χ0v) is 16.8. The van der Waals surface area contributed by atoms with Crippen LogP contribution in [-0.4, -0.2) is 54.2 Å². The Bertz CT molecular complexity index is 914. The number of fused-ring (bicyclic) bond motifs is 3. The van der Waals surface area contributed by atoms with E-state index >= 15 is 0 Å². The summed E-state index contributed by atoms with van der Waals surface area (Å²) in [7, 11) is 0. The molecule has 3 unspecified atom stereocenters. The molecule has 3 heterocycles. The molecule has 3 fully saturated rings. The molecule has 4 aliphatic rings. The zero-order chi connectivity index (χ0) is 20.8. The standard InChI is InChI=1S/C22H26N4O4/c27-19-6-5-18(20(28)25-19)26-21(29)15-4-1-12(7-16(15)22(26)30)8-23-11-17-13-2-3-14(17)10-24-9-13/h1,4,7,13-14,17-18,23-24H,2-3,5-6,8-11H2,(H,25,27,28). The molecule has 1 aromatic rings. The van der Waals surface area contributed by atoms with Gasteiger partial charge < -0.3 is 10.6 Å². The predicted molar refractivity (Wildman–Crippen MR) is 107 cm³/mol. The van der Waals surface area contributed by atoms with Gasteiger partial charge in [0, 0.05) is 13.0 Å². The first kappa shape index (κ1) is 19.4. The summed E-state index contributed by atoms with van der Waals surface area (Å²) in [6.45, 7) is 3.81. The van der Waals surface area contributed by atoms with E-state index < -0.39 is 23.8 Å². The van der Waals surface area contributed by atoms with Gasteiger partial charge in [0.1, 0.15) is 6.04 Å². The van der Waals surface area contributed by atoms with Gasteiger partial charge >= 0.3 is 0 Å². The van der Waals surface area contributed by atoms with Crippen molar-refractivity contribution in [3.05, 3.63) is 34.9 Å². The van der Waals surface area contributed by atoms with Gasteiger partial charge in [0.05, 0.1) is 11.1 Å². The molecule has 8 nitrogen and oxygen atoms in total. The van der Waals surface area contributed by atoms with Gasteiger partial charge in [-0.05, 0) is 74.3 Å². The van der Waals surface area contributed by atoms with E-state index in [0.29, 0.717) is 23.6 Å². The molecule has 5 rings (SSSR count). The highest BCUT2D eigenvalue weighted by molar-refractivity contribution is 6.23. The van der Waals surface area contributed by atoms with Crippen molar-refractivity contribution >= 4 is 23.6 Å². The van der Waals surface area contributed by atoms with E-state index in [1.54, 1.807) is 12.1 Å². The monoisotopic (exact) mass is 410 g/mol. The number of amides is 4. The van der Waals surface area contributed by atoms with E-state index in [4.69, 9.17) is 0 Å². The van der Waals surface area contributed by atoms with Crippen molar-refractivity contribution in [3.8, 4) is 0 Å². The third-order valence-corrected chi connectivity index (χ3v) is 7.15. The van der Waals surface area contributed by atoms with Crippen LogP contribution in [0.15, 0.2) is 18.2 Å². The molecule has 1 aliphatic carbocycles. The van der Waals surface area contributed by atoms with Gasteiger partial charge in [-0.15, -0.1) is 0 Å². The highest BCUT2D eigenvalue weighted by Gasteiger charge is 2.44. The first-order valence-corrected chi connectivity index (χ1v) is 10.8. The molecular weight excluding hydrogens is 384 g/mol. The fraction of sp³-hybridized carbons (Fsp3) is 0.545. The molecule has 8 heteroatoms. The van der Waals surface area contributed by atoms with E-state index in [0.717, 1.165) is 41.9 Å². The van der Waals surface area contributed by atoms with Gasteiger partial charge in [-0.25, -0.2) is 0 Å². The summed E-state index contributed by atoms with van der Waals surface area (Å²) in [6, 6.07) is 4.37. The summed E-state index contributed by atoms with van der Waals surface area (Å²) in [5, 5.41) is 9.26. The third-order valence-electron chi connectivity index (χ3n) is 7.15. The first-order valence-electron chi connectivity index (χ1n) is 10.8. The molecule has 0 spiro atoms. The quantitative estimate of drug-likeness (QED) is 0.608. The van der Waals surface area contributed by atoms with Crippen molar-refractivity contribution in [2.45, 2.75) is 38.3 Å². The van der Waals surface area contributed by atoms with E-state index in [-0.39, 0.29) is 18.7 Å². The van der Waals surface area contributed by atoms with Gasteiger partial charge in [-0.1, -0.05) is 6.07 Å². The number of hydrogen-bond acceptors (Lipinski definition) is 6. The lowest BCUT2D eigenvalue weighted by molar-refractivity contribution is -0.136. The van der Waals surface area contributed by atoms with Crippen LogP contribution in [0.2, 0.25) is 0 Å².